The summed E-state index contributed by atoms with van der Waals surface area (Å²) in [6, 6.07) is 6.42. The van der Waals surface area contributed by atoms with Gasteiger partial charge in [-0.3, -0.25) is 4.79 Å². The number of halogens is 1. The molecule has 3 heteroatoms. The Morgan fingerprint density at radius 3 is 2.88 bits per heavy atom. The minimum absolute atomic E-state index is 0.166. The fourth-order valence-corrected chi connectivity index (χ4v) is 2.94. The third kappa shape index (κ3) is 1.59. The van der Waals surface area contributed by atoms with Gasteiger partial charge < -0.3 is 5.32 Å². The minimum atomic E-state index is 0.166. The van der Waals surface area contributed by atoms with Gasteiger partial charge in [0.1, 0.15) is 0 Å². The van der Waals surface area contributed by atoms with Gasteiger partial charge in [-0.25, -0.2) is 0 Å². The van der Waals surface area contributed by atoms with Gasteiger partial charge in [0.05, 0.1) is 0 Å². The number of nitrogens with one attached hydrogen (secondary N) is 1. The molecule has 2 nitrogen and oxygen atoms in total. The monoisotopic (exact) mass is 277 g/mol. The molecule has 0 saturated heterocycles. The number of hydrogen-bond acceptors (Lipinski definition) is 1. The summed E-state index contributed by atoms with van der Waals surface area (Å²) in [4.78, 5) is 11.3. The van der Waals surface area contributed by atoms with E-state index in [4.69, 9.17) is 0 Å². The van der Waals surface area contributed by atoms with Crippen LogP contribution in [-0.4, -0.2) is 5.91 Å². The molecule has 0 atom stereocenters. The van der Waals surface area contributed by atoms with Crippen molar-refractivity contribution in [2.75, 3.05) is 0 Å². The van der Waals surface area contributed by atoms with E-state index in [9.17, 15) is 4.79 Å². The molecule has 16 heavy (non-hydrogen) atoms. The van der Waals surface area contributed by atoms with Gasteiger partial charge in [0.2, 0.25) is 5.91 Å². The second-order valence-electron chi connectivity index (χ2n) is 4.31. The van der Waals surface area contributed by atoms with E-state index in [1.165, 1.54) is 16.7 Å². The van der Waals surface area contributed by atoms with Gasteiger partial charge in [-0.15, -0.1) is 0 Å². The number of carbonyl (C=O) groups is 1. The first-order valence-electron chi connectivity index (χ1n) is 5.55. The lowest BCUT2D eigenvalue weighted by Crippen LogP contribution is -2.29. The SMILES string of the molecule is O=C1CCC2=C(CCc3cc(Br)ccc32)N1. The first-order chi connectivity index (χ1) is 7.74. The van der Waals surface area contributed by atoms with E-state index in [0.717, 1.165) is 29.4 Å². The van der Waals surface area contributed by atoms with Crippen LogP contribution in [0, 0.1) is 0 Å². The van der Waals surface area contributed by atoms with Gasteiger partial charge in [-0.1, -0.05) is 22.0 Å². The summed E-state index contributed by atoms with van der Waals surface area (Å²) in [7, 11) is 0. The Morgan fingerprint density at radius 2 is 2.00 bits per heavy atom. The summed E-state index contributed by atoms with van der Waals surface area (Å²) >= 11 is 3.50. The van der Waals surface area contributed by atoms with E-state index < -0.39 is 0 Å². The van der Waals surface area contributed by atoms with Crippen LogP contribution in [-0.2, 0) is 11.2 Å². The van der Waals surface area contributed by atoms with E-state index in [1.807, 2.05) is 0 Å². The van der Waals surface area contributed by atoms with Crippen LogP contribution in [0.3, 0.4) is 0 Å². The number of hydrogen-bond donors (Lipinski definition) is 1. The molecule has 0 fully saturated rings. The smallest absolute Gasteiger partial charge is 0.224 e. The number of rotatable bonds is 0. The highest BCUT2D eigenvalue weighted by molar-refractivity contribution is 9.10. The van der Waals surface area contributed by atoms with E-state index in [2.05, 4.69) is 39.4 Å². The van der Waals surface area contributed by atoms with Gasteiger partial charge >= 0.3 is 0 Å². The highest BCUT2D eigenvalue weighted by Crippen LogP contribution is 2.36. The van der Waals surface area contributed by atoms with Crippen molar-refractivity contribution in [1.82, 2.24) is 5.32 Å². The van der Waals surface area contributed by atoms with Crippen LogP contribution >= 0.6 is 15.9 Å². The summed E-state index contributed by atoms with van der Waals surface area (Å²) < 4.78 is 1.13. The molecule has 0 aromatic heterocycles. The van der Waals surface area contributed by atoms with E-state index in [1.54, 1.807) is 0 Å². The average molecular weight is 278 g/mol. The molecule has 0 bridgehead atoms. The molecule has 1 N–H and O–H groups in total. The van der Waals surface area contributed by atoms with Crippen LogP contribution in [0.25, 0.3) is 5.57 Å². The second-order valence-corrected chi connectivity index (χ2v) is 5.22. The zero-order valence-electron chi connectivity index (χ0n) is 8.85. The molecule has 1 aromatic carbocycles. The van der Waals surface area contributed by atoms with E-state index in [-0.39, 0.29) is 5.91 Å². The van der Waals surface area contributed by atoms with Crippen molar-refractivity contribution < 1.29 is 4.79 Å². The molecule has 1 aliphatic carbocycles. The molecule has 82 valence electrons. The Labute approximate surface area is 103 Å². The Bertz CT molecular complexity index is 505. The van der Waals surface area contributed by atoms with Crippen LogP contribution in [0.5, 0.6) is 0 Å². The minimum Gasteiger partial charge on any atom is -0.329 e. The Kier molecular flexibility index (Phi) is 2.36. The number of aryl methyl sites for hydroxylation is 1. The maximum absolute atomic E-state index is 11.3. The fourth-order valence-electron chi connectivity index (χ4n) is 2.53. The van der Waals surface area contributed by atoms with Crippen molar-refractivity contribution in [3.63, 3.8) is 0 Å². The summed E-state index contributed by atoms with van der Waals surface area (Å²) in [5, 5.41) is 3.00. The van der Waals surface area contributed by atoms with Crippen LogP contribution in [0.15, 0.2) is 28.4 Å². The van der Waals surface area contributed by atoms with Crippen molar-refractivity contribution in [3.05, 3.63) is 39.5 Å². The molecule has 0 radical (unpaired) electrons. The van der Waals surface area contributed by atoms with Crippen LogP contribution in [0.1, 0.15) is 30.4 Å². The third-order valence-electron chi connectivity index (χ3n) is 3.29. The van der Waals surface area contributed by atoms with Gasteiger partial charge in [0, 0.05) is 16.6 Å². The van der Waals surface area contributed by atoms with Crippen LogP contribution in [0.2, 0.25) is 0 Å². The first kappa shape index (κ1) is 10.1. The summed E-state index contributed by atoms with van der Waals surface area (Å²) in [5.41, 5.74) is 5.20. The van der Waals surface area contributed by atoms with Crippen LogP contribution in [0.4, 0.5) is 0 Å². The molecule has 0 spiro atoms. The topological polar surface area (TPSA) is 29.1 Å². The molecular formula is C13H12BrNO. The predicted molar refractivity (Wildman–Crippen MR) is 66.8 cm³/mol. The maximum Gasteiger partial charge on any atom is 0.224 e. The number of allylic oxidation sites excluding steroid dienone is 2. The third-order valence-corrected chi connectivity index (χ3v) is 3.79. The van der Waals surface area contributed by atoms with E-state index in [0.29, 0.717) is 6.42 Å². The molecule has 1 aliphatic heterocycles. The molecule has 2 aliphatic rings. The predicted octanol–water partition coefficient (Wildman–Crippen LogP) is 3.02. The Hall–Kier alpha value is -1.09. The van der Waals surface area contributed by atoms with Crippen molar-refractivity contribution >= 4 is 27.4 Å². The number of benzene rings is 1. The average Bonchev–Trinajstić information content (AvgIpc) is 2.28. The van der Waals surface area contributed by atoms with Gasteiger partial charge in [-0.05, 0) is 48.1 Å². The van der Waals surface area contributed by atoms with Crippen molar-refractivity contribution in [3.8, 4) is 0 Å². The molecule has 0 unspecified atom stereocenters. The molecule has 3 rings (SSSR count). The van der Waals surface area contributed by atoms with E-state index >= 15 is 0 Å². The summed E-state index contributed by atoms with van der Waals surface area (Å²) in [6.45, 7) is 0. The highest BCUT2D eigenvalue weighted by atomic mass is 79.9. The number of carbonyl (C=O) groups excluding carboxylic acids is 1. The second kappa shape index (κ2) is 3.74. The number of amides is 1. The molecule has 1 heterocycles. The lowest BCUT2D eigenvalue weighted by atomic mass is 9.85. The number of fused-ring (bicyclic) bond motifs is 2. The fraction of sp³-hybridized carbons (Fsp3) is 0.308. The molecule has 1 aromatic rings. The van der Waals surface area contributed by atoms with Crippen molar-refractivity contribution in [2.45, 2.75) is 25.7 Å². The lowest BCUT2D eigenvalue weighted by Gasteiger charge is -2.27. The zero-order valence-corrected chi connectivity index (χ0v) is 10.4. The maximum atomic E-state index is 11.3. The first-order valence-corrected chi connectivity index (χ1v) is 6.34. The van der Waals surface area contributed by atoms with Gasteiger partial charge in [-0.2, -0.15) is 0 Å². The van der Waals surface area contributed by atoms with Crippen molar-refractivity contribution in [2.24, 2.45) is 0 Å². The zero-order chi connectivity index (χ0) is 11.1. The van der Waals surface area contributed by atoms with Gasteiger partial charge in [0.15, 0.2) is 0 Å². The Balaban J connectivity index is 2.10. The molecule has 1 amide bonds. The highest BCUT2D eigenvalue weighted by Gasteiger charge is 2.24. The molecule has 0 saturated carbocycles. The standard InChI is InChI=1S/C13H12BrNO/c14-9-2-3-10-8(7-9)1-5-12-11(10)4-6-13(16)15-12/h2-3,7H,1,4-6H2,(H,15,16). The van der Waals surface area contributed by atoms with Gasteiger partial charge in [0.25, 0.3) is 0 Å². The normalized spacial score (nSPS) is 18.9. The lowest BCUT2D eigenvalue weighted by molar-refractivity contribution is -0.120. The van der Waals surface area contributed by atoms with Crippen LogP contribution < -0.4 is 5.32 Å². The Morgan fingerprint density at radius 1 is 1.12 bits per heavy atom. The summed E-state index contributed by atoms with van der Waals surface area (Å²) in [5.74, 6) is 0.166. The van der Waals surface area contributed by atoms with Crippen molar-refractivity contribution in [1.29, 1.82) is 0 Å². The quantitative estimate of drug-likeness (QED) is 0.776. The largest absolute Gasteiger partial charge is 0.329 e. The molecular weight excluding hydrogens is 266 g/mol. The summed E-state index contributed by atoms with van der Waals surface area (Å²) in [6.07, 6.45) is 3.49.